The SMILES string of the molecule is C=NC=C(C)CC(CC)c1nnc(N)nc1NCCC. The van der Waals surface area contributed by atoms with Crippen molar-refractivity contribution >= 4 is 18.5 Å². The highest BCUT2D eigenvalue weighted by molar-refractivity contribution is 5.44. The Morgan fingerprint density at radius 1 is 1.45 bits per heavy atom. The van der Waals surface area contributed by atoms with Gasteiger partial charge in [0.2, 0.25) is 5.95 Å². The molecule has 6 heteroatoms. The predicted molar refractivity (Wildman–Crippen MR) is 84.0 cm³/mol. The van der Waals surface area contributed by atoms with Crippen LogP contribution in [0.1, 0.15) is 51.6 Å². The lowest BCUT2D eigenvalue weighted by Gasteiger charge is -2.17. The van der Waals surface area contributed by atoms with Crippen molar-refractivity contribution in [3.05, 3.63) is 17.5 Å². The minimum absolute atomic E-state index is 0.197. The highest BCUT2D eigenvalue weighted by Crippen LogP contribution is 2.29. The summed E-state index contributed by atoms with van der Waals surface area (Å²) in [5.74, 6) is 1.18. The first-order valence-corrected chi connectivity index (χ1v) is 6.97. The number of anilines is 2. The van der Waals surface area contributed by atoms with Crippen molar-refractivity contribution in [2.75, 3.05) is 17.6 Å². The maximum Gasteiger partial charge on any atom is 0.242 e. The predicted octanol–water partition coefficient (Wildman–Crippen LogP) is 2.76. The zero-order valence-corrected chi connectivity index (χ0v) is 12.6. The first kappa shape index (κ1) is 16.1. The number of nitrogen functional groups attached to an aromatic ring is 1. The van der Waals surface area contributed by atoms with Crippen molar-refractivity contribution in [1.29, 1.82) is 0 Å². The lowest BCUT2D eigenvalue weighted by atomic mass is 9.94. The van der Waals surface area contributed by atoms with Crippen LogP contribution in [0, 0.1) is 0 Å². The molecule has 1 aromatic heterocycles. The normalized spacial score (nSPS) is 13.1. The second kappa shape index (κ2) is 8.24. The largest absolute Gasteiger partial charge is 0.368 e. The van der Waals surface area contributed by atoms with Crippen LogP contribution in [0.25, 0.3) is 0 Å². The number of allylic oxidation sites excluding steroid dienone is 1. The number of hydrogen-bond acceptors (Lipinski definition) is 6. The summed E-state index contributed by atoms with van der Waals surface area (Å²) >= 11 is 0. The minimum atomic E-state index is 0.197. The fraction of sp³-hybridized carbons (Fsp3) is 0.571. The molecular weight excluding hydrogens is 252 g/mol. The first-order valence-electron chi connectivity index (χ1n) is 6.97. The second-order valence-corrected chi connectivity index (χ2v) is 4.80. The first-order chi connectivity index (χ1) is 9.62. The van der Waals surface area contributed by atoms with Crippen molar-refractivity contribution in [2.24, 2.45) is 4.99 Å². The molecule has 6 nitrogen and oxygen atoms in total. The number of nitrogens with two attached hydrogens (primary N) is 1. The lowest BCUT2D eigenvalue weighted by molar-refractivity contribution is 0.621. The van der Waals surface area contributed by atoms with E-state index in [2.05, 4.69) is 46.1 Å². The van der Waals surface area contributed by atoms with Crippen LogP contribution in [-0.2, 0) is 0 Å². The van der Waals surface area contributed by atoms with Crippen LogP contribution in [0.2, 0.25) is 0 Å². The number of nitrogens with one attached hydrogen (secondary N) is 1. The van der Waals surface area contributed by atoms with E-state index < -0.39 is 0 Å². The van der Waals surface area contributed by atoms with Gasteiger partial charge in [0.1, 0.15) is 5.69 Å². The van der Waals surface area contributed by atoms with E-state index in [0.717, 1.165) is 42.9 Å². The van der Waals surface area contributed by atoms with E-state index in [1.807, 2.05) is 6.92 Å². The van der Waals surface area contributed by atoms with E-state index in [0.29, 0.717) is 0 Å². The molecule has 1 rings (SSSR count). The standard InChI is InChI=1S/C14H24N6/c1-5-7-17-13-12(19-20-14(15)18-13)11(6-2)8-10(3)9-16-4/h9,11H,4-8H2,1-3H3,(H3,15,17,18,20). The Morgan fingerprint density at radius 2 is 2.20 bits per heavy atom. The van der Waals surface area contributed by atoms with Gasteiger partial charge in [-0.15, -0.1) is 10.2 Å². The van der Waals surface area contributed by atoms with Crippen LogP contribution in [0.4, 0.5) is 11.8 Å². The van der Waals surface area contributed by atoms with Gasteiger partial charge in [0.15, 0.2) is 5.82 Å². The Bertz CT molecular complexity index is 469. The fourth-order valence-corrected chi connectivity index (χ4v) is 2.03. The maximum atomic E-state index is 5.63. The lowest BCUT2D eigenvalue weighted by Crippen LogP contribution is -2.13. The summed E-state index contributed by atoms with van der Waals surface area (Å²) in [6.07, 6.45) is 4.60. The van der Waals surface area contributed by atoms with Crippen LogP contribution in [0.3, 0.4) is 0 Å². The van der Waals surface area contributed by atoms with Crippen molar-refractivity contribution < 1.29 is 0 Å². The molecule has 0 aromatic carbocycles. The molecule has 110 valence electrons. The summed E-state index contributed by atoms with van der Waals surface area (Å²) in [4.78, 5) is 8.07. The highest BCUT2D eigenvalue weighted by Gasteiger charge is 2.18. The Morgan fingerprint density at radius 3 is 2.80 bits per heavy atom. The van der Waals surface area contributed by atoms with Crippen molar-refractivity contribution in [3.8, 4) is 0 Å². The molecule has 0 fully saturated rings. The summed E-state index contributed by atoms with van der Waals surface area (Å²) in [5.41, 5.74) is 7.66. The smallest absolute Gasteiger partial charge is 0.242 e. The monoisotopic (exact) mass is 276 g/mol. The van der Waals surface area contributed by atoms with E-state index >= 15 is 0 Å². The van der Waals surface area contributed by atoms with Crippen LogP contribution in [-0.4, -0.2) is 28.4 Å². The van der Waals surface area contributed by atoms with Gasteiger partial charge in [-0.1, -0.05) is 19.4 Å². The summed E-state index contributed by atoms with van der Waals surface area (Å²) in [5, 5.41) is 11.4. The summed E-state index contributed by atoms with van der Waals surface area (Å²) < 4.78 is 0. The molecule has 1 unspecified atom stereocenters. The third-order valence-corrected chi connectivity index (χ3v) is 3.03. The molecular formula is C14H24N6. The average molecular weight is 276 g/mol. The molecule has 0 aliphatic carbocycles. The Hall–Kier alpha value is -1.98. The van der Waals surface area contributed by atoms with Crippen molar-refractivity contribution in [3.63, 3.8) is 0 Å². The Balaban J connectivity index is 3.00. The fourth-order valence-electron chi connectivity index (χ4n) is 2.03. The van der Waals surface area contributed by atoms with Crippen LogP contribution in [0.5, 0.6) is 0 Å². The van der Waals surface area contributed by atoms with Crippen molar-refractivity contribution in [2.45, 2.75) is 46.0 Å². The minimum Gasteiger partial charge on any atom is -0.368 e. The van der Waals surface area contributed by atoms with Gasteiger partial charge in [0, 0.05) is 18.7 Å². The molecule has 3 N–H and O–H groups in total. The molecule has 20 heavy (non-hydrogen) atoms. The number of aliphatic imine (C=N–C) groups is 1. The third-order valence-electron chi connectivity index (χ3n) is 3.03. The Kier molecular flexibility index (Phi) is 6.63. The van der Waals surface area contributed by atoms with Gasteiger partial charge in [-0.05, 0) is 32.9 Å². The molecule has 1 atom stereocenters. The summed E-state index contributed by atoms with van der Waals surface area (Å²) in [7, 11) is 0. The highest BCUT2D eigenvalue weighted by atomic mass is 15.2. The molecule has 0 bridgehead atoms. The number of nitrogens with zero attached hydrogens (tertiary/aromatic N) is 4. The van der Waals surface area contributed by atoms with Gasteiger partial charge in [-0.25, -0.2) is 0 Å². The van der Waals surface area contributed by atoms with Crippen LogP contribution < -0.4 is 11.1 Å². The van der Waals surface area contributed by atoms with Gasteiger partial charge in [0.25, 0.3) is 0 Å². The molecule has 0 spiro atoms. The molecule has 1 aromatic rings. The summed E-state index contributed by atoms with van der Waals surface area (Å²) in [6.45, 7) is 10.6. The summed E-state index contributed by atoms with van der Waals surface area (Å²) in [6, 6.07) is 0. The molecule has 0 aliphatic heterocycles. The van der Waals surface area contributed by atoms with E-state index in [9.17, 15) is 0 Å². The second-order valence-electron chi connectivity index (χ2n) is 4.80. The average Bonchev–Trinajstić information content (AvgIpc) is 2.43. The van der Waals surface area contributed by atoms with E-state index in [1.165, 1.54) is 0 Å². The van der Waals surface area contributed by atoms with E-state index in [-0.39, 0.29) is 11.9 Å². The van der Waals surface area contributed by atoms with Gasteiger partial charge >= 0.3 is 0 Å². The maximum absolute atomic E-state index is 5.63. The molecule has 0 aliphatic rings. The molecule has 0 amide bonds. The molecule has 0 saturated carbocycles. The quantitative estimate of drug-likeness (QED) is 0.713. The molecule has 1 heterocycles. The topological polar surface area (TPSA) is 89.1 Å². The Labute approximate surface area is 120 Å². The van der Waals surface area contributed by atoms with Crippen LogP contribution in [0.15, 0.2) is 16.8 Å². The van der Waals surface area contributed by atoms with Gasteiger partial charge in [-0.2, -0.15) is 4.98 Å². The van der Waals surface area contributed by atoms with E-state index in [1.54, 1.807) is 6.20 Å². The molecule has 0 radical (unpaired) electrons. The zero-order chi connectivity index (χ0) is 15.0. The van der Waals surface area contributed by atoms with Crippen LogP contribution >= 0.6 is 0 Å². The molecule has 0 saturated heterocycles. The number of aromatic nitrogens is 3. The van der Waals surface area contributed by atoms with Gasteiger partial charge in [0.05, 0.1) is 0 Å². The third kappa shape index (κ3) is 4.60. The van der Waals surface area contributed by atoms with Gasteiger partial charge < -0.3 is 11.1 Å². The number of rotatable bonds is 8. The zero-order valence-electron chi connectivity index (χ0n) is 12.6. The van der Waals surface area contributed by atoms with E-state index in [4.69, 9.17) is 5.73 Å². The number of hydrogen-bond donors (Lipinski definition) is 2. The van der Waals surface area contributed by atoms with Crippen molar-refractivity contribution in [1.82, 2.24) is 15.2 Å². The van der Waals surface area contributed by atoms with Gasteiger partial charge in [-0.3, -0.25) is 4.99 Å².